The smallest absolute Gasteiger partial charge is 0.394 e. The van der Waals surface area contributed by atoms with Crippen LogP contribution in [0.3, 0.4) is 0 Å². The van der Waals surface area contributed by atoms with Crippen LogP contribution in [-0.2, 0) is 9.59 Å². The minimum absolute atomic E-state index is 0.0893. The molecule has 2 N–H and O–H groups in total. The Morgan fingerprint density at radius 3 is 2.55 bits per heavy atom. The van der Waals surface area contributed by atoms with E-state index in [1.165, 1.54) is 0 Å². The second-order valence-electron chi connectivity index (χ2n) is 2.14. The molecule has 0 rings (SSSR count). The molecule has 0 radical (unpaired) electrons. The van der Waals surface area contributed by atoms with Crippen molar-refractivity contribution in [2.45, 2.75) is 13.0 Å². The molecule has 0 heterocycles. The number of carbonyl (C=O) groups is 2. The molecule has 0 saturated carbocycles. The zero-order chi connectivity index (χ0) is 8.85. The molecular formula is C6H11NO3S. The maximum atomic E-state index is 10.5. The van der Waals surface area contributed by atoms with E-state index in [9.17, 15) is 9.59 Å². The fourth-order valence-electron chi connectivity index (χ4n) is 0.577. The van der Waals surface area contributed by atoms with Gasteiger partial charge in [0.05, 0.1) is 0 Å². The van der Waals surface area contributed by atoms with Crippen LogP contribution in [0.25, 0.3) is 0 Å². The molecule has 64 valence electrons. The topological polar surface area (TPSA) is 66.4 Å². The molecule has 0 bridgehead atoms. The number of carboxylic acids is 1. The molecule has 1 unspecified atom stereocenters. The van der Waals surface area contributed by atoms with Crippen LogP contribution in [0, 0.1) is 0 Å². The first kappa shape index (κ1) is 10.3. The number of hydrogen-bond donors (Lipinski definition) is 2. The summed E-state index contributed by atoms with van der Waals surface area (Å²) in [5.41, 5.74) is 0. The summed E-state index contributed by atoms with van der Waals surface area (Å²) < 4.78 is 0. The molecule has 0 aliphatic carbocycles. The van der Waals surface area contributed by atoms with Crippen LogP contribution < -0.4 is 5.32 Å². The summed E-state index contributed by atoms with van der Waals surface area (Å²) in [5.74, 6) is -1.65. The lowest BCUT2D eigenvalue weighted by Gasteiger charge is -2.09. The molecule has 11 heavy (non-hydrogen) atoms. The minimum atomic E-state index is -1.43. The number of nitrogens with one attached hydrogen (secondary N) is 1. The highest BCUT2D eigenvalue weighted by Gasteiger charge is 2.12. The van der Waals surface area contributed by atoms with Crippen molar-refractivity contribution in [1.29, 1.82) is 0 Å². The van der Waals surface area contributed by atoms with Gasteiger partial charge in [-0.1, -0.05) is 0 Å². The lowest BCUT2D eigenvalue weighted by Crippen LogP contribution is -2.38. The van der Waals surface area contributed by atoms with Gasteiger partial charge in [-0.15, -0.1) is 0 Å². The van der Waals surface area contributed by atoms with Gasteiger partial charge in [-0.2, -0.15) is 11.8 Å². The maximum absolute atomic E-state index is 10.5. The van der Waals surface area contributed by atoms with E-state index in [2.05, 4.69) is 5.32 Å². The number of rotatable bonds is 3. The van der Waals surface area contributed by atoms with Crippen molar-refractivity contribution < 1.29 is 14.7 Å². The van der Waals surface area contributed by atoms with Gasteiger partial charge in [-0.3, -0.25) is 4.79 Å². The quantitative estimate of drug-likeness (QED) is 0.593. The third-order valence-corrected chi connectivity index (χ3v) is 1.82. The van der Waals surface area contributed by atoms with Gasteiger partial charge in [0.2, 0.25) is 0 Å². The highest BCUT2D eigenvalue weighted by atomic mass is 32.2. The van der Waals surface area contributed by atoms with Crippen molar-refractivity contribution in [2.24, 2.45) is 0 Å². The Morgan fingerprint density at radius 2 is 2.18 bits per heavy atom. The maximum Gasteiger partial charge on any atom is 0.394 e. The van der Waals surface area contributed by atoms with Crippen molar-refractivity contribution in [2.75, 3.05) is 12.0 Å². The van der Waals surface area contributed by atoms with Gasteiger partial charge in [0.25, 0.3) is 0 Å². The standard InChI is InChI=1S/C6H11NO3S/c1-4(3-11-2)7-5(8)6(9)10/h4H,3H2,1-2H3,(H,7,8)(H,9,10). The van der Waals surface area contributed by atoms with Gasteiger partial charge >= 0.3 is 11.9 Å². The van der Waals surface area contributed by atoms with E-state index in [0.717, 1.165) is 5.75 Å². The van der Waals surface area contributed by atoms with Crippen LogP contribution in [0.2, 0.25) is 0 Å². The lowest BCUT2D eigenvalue weighted by atomic mass is 10.4. The average molecular weight is 177 g/mol. The Kier molecular flexibility index (Phi) is 4.69. The molecule has 0 fully saturated rings. The average Bonchev–Trinajstić information content (AvgIpc) is 1.87. The number of aliphatic carboxylic acids is 1. The highest BCUT2D eigenvalue weighted by molar-refractivity contribution is 7.98. The van der Waals surface area contributed by atoms with E-state index in [0.29, 0.717) is 0 Å². The van der Waals surface area contributed by atoms with Gasteiger partial charge in [0, 0.05) is 11.8 Å². The van der Waals surface area contributed by atoms with Gasteiger partial charge in [-0.25, -0.2) is 4.79 Å². The van der Waals surface area contributed by atoms with E-state index >= 15 is 0 Å². The zero-order valence-corrected chi connectivity index (χ0v) is 7.27. The molecule has 1 amide bonds. The van der Waals surface area contributed by atoms with Gasteiger partial charge in [-0.05, 0) is 13.2 Å². The van der Waals surface area contributed by atoms with Crippen LogP contribution in [0.1, 0.15) is 6.92 Å². The predicted molar refractivity (Wildman–Crippen MR) is 43.6 cm³/mol. The fourth-order valence-corrected chi connectivity index (χ4v) is 1.16. The number of carboxylic acid groups (broad SMARTS) is 1. The molecule has 0 spiro atoms. The van der Waals surface area contributed by atoms with Gasteiger partial charge < -0.3 is 10.4 Å². The first-order valence-corrected chi connectivity index (χ1v) is 4.50. The predicted octanol–water partition coefficient (Wildman–Crippen LogP) is -0.0613. The van der Waals surface area contributed by atoms with Crippen molar-refractivity contribution in [3.63, 3.8) is 0 Å². The van der Waals surface area contributed by atoms with Gasteiger partial charge in [0.1, 0.15) is 0 Å². The molecule has 5 heteroatoms. The lowest BCUT2D eigenvalue weighted by molar-refractivity contribution is -0.150. The number of thioether (sulfide) groups is 1. The molecule has 4 nitrogen and oxygen atoms in total. The summed E-state index contributed by atoms with van der Waals surface area (Å²) in [6, 6.07) is -0.0893. The monoisotopic (exact) mass is 177 g/mol. The highest BCUT2D eigenvalue weighted by Crippen LogP contribution is 1.95. The van der Waals surface area contributed by atoms with Crippen molar-refractivity contribution in [3.05, 3.63) is 0 Å². The third-order valence-electron chi connectivity index (χ3n) is 0.988. The van der Waals surface area contributed by atoms with E-state index in [4.69, 9.17) is 5.11 Å². The second-order valence-corrected chi connectivity index (χ2v) is 3.05. The second kappa shape index (κ2) is 5.01. The Bertz CT molecular complexity index is 160. The van der Waals surface area contributed by atoms with Crippen LogP contribution in [-0.4, -0.2) is 35.0 Å². The summed E-state index contributed by atoms with van der Waals surface area (Å²) in [4.78, 5) is 20.5. The molecule has 1 atom stereocenters. The summed E-state index contributed by atoms with van der Waals surface area (Å²) in [6.45, 7) is 1.76. The van der Waals surface area contributed by atoms with Crippen molar-refractivity contribution in [3.8, 4) is 0 Å². The molecule has 0 aliphatic rings. The minimum Gasteiger partial charge on any atom is -0.474 e. The van der Waals surface area contributed by atoms with Crippen LogP contribution in [0.5, 0.6) is 0 Å². The van der Waals surface area contributed by atoms with E-state index in [1.54, 1.807) is 18.7 Å². The van der Waals surface area contributed by atoms with Gasteiger partial charge in [0.15, 0.2) is 0 Å². The summed E-state index contributed by atoms with van der Waals surface area (Å²) in [6.07, 6.45) is 1.89. The Morgan fingerprint density at radius 1 is 1.64 bits per heavy atom. The molecule has 0 aromatic heterocycles. The Hall–Kier alpha value is -0.710. The Balaban J connectivity index is 3.66. The first-order valence-electron chi connectivity index (χ1n) is 3.10. The number of hydrogen-bond acceptors (Lipinski definition) is 3. The fraction of sp³-hybridized carbons (Fsp3) is 0.667. The van der Waals surface area contributed by atoms with Crippen LogP contribution >= 0.6 is 11.8 Å². The number of carbonyl (C=O) groups excluding carboxylic acids is 1. The normalized spacial score (nSPS) is 12.2. The molecule has 0 aromatic carbocycles. The molecule has 0 saturated heterocycles. The van der Waals surface area contributed by atoms with Crippen LogP contribution in [0.4, 0.5) is 0 Å². The van der Waals surface area contributed by atoms with Crippen molar-refractivity contribution >= 4 is 23.6 Å². The molecule has 0 aromatic rings. The number of amides is 1. The van der Waals surface area contributed by atoms with Crippen LogP contribution in [0.15, 0.2) is 0 Å². The Labute approximate surface area is 69.4 Å². The largest absolute Gasteiger partial charge is 0.474 e. The van der Waals surface area contributed by atoms with E-state index in [1.807, 2.05) is 6.26 Å². The summed E-state index contributed by atoms with van der Waals surface area (Å²) in [7, 11) is 0. The SMILES string of the molecule is CSCC(C)NC(=O)C(=O)O. The molecular weight excluding hydrogens is 166 g/mol. The first-order chi connectivity index (χ1) is 5.07. The van der Waals surface area contributed by atoms with E-state index < -0.39 is 11.9 Å². The zero-order valence-electron chi connectivity index (χ0n) is 6.46. The van der Waals surface area contributed by atoms with Crippen molar-refractivity contribution in [1.82, 2.24) is 5.32 Å². The van der Waals surface area contributed by atoms with E-state index in [-0.39, 0.29) is 6.04 Å². The molecule has 0 aliphatic heterocycles. The summed E-state index contributed by atoms with van der Waals surface area (Å²) in [5, 5.41) is 10.5. The third kappa shape index (κ3) is 4.66. The summed E-state index contributed by atoms with van der Waals surface area (Å²) >= 11 is 1.56.